The quantitative estimate of drug-likeness (QED) is 0.662. The molecule has 2 saturated carbocycles. The van der Waals surface area contributed by atoms with Gasteiger partial charge in [0.2, 0.25) is 15.0 Å². The third kappa shape index (κ3) is 4.79. The largest absolute Gasteiger partial charge is 0.317 e. The van der Waals surface area contributed by atoms with Crippen LogP contribution in [0.15, 0.2) is 11.4 Å². The van der Waals surface area contributed by atoms with E-state index in [1.807, 2.05) is 6.20 Å². The summed E-state index contributed by atoms with van der Waals surface area (Å²) < 4.78 is 28.1. The molecule has 0 bridgehead atoms. The van der Waals surface area contributed by atoms with Crippen LogP contribution in [0.3, 0.4) is 0 Å². The van der Waals surface area contributed by atoms with Crippen molar-refractivity contribution in [2.45, 2.75) is 75.7 Å². The van der Waals surface area contributed by atoms with Crippen LogP contribution in [0.2, 0.25) is 0 Å². The van der Waals surface area contributed by atoms with Crippen molar-refractivity contribution in [1.29, 1.82) is 0 Å². The van der Waals surface area contributed by atoms with Crippen molar-refractivity contribution in [3.63, 3.8) is 0 Å². The molecule has 3 fully saturated rings. The van der Waals surface area contributed by atoms with Crippen molar-refractivity contribution < 1.29 is 8.42 Å². The standard InChI is InChI=1S/C21H36N4O2S/c1-23(2)19-10-11-24(14-19)15-20-12-22-21(28(26,27)16-18-8-9-18)25(20)13-17-6-4-3-5-7-17/h12,17-19H,3-11,13-16H2,1-2H3/t19-/m1/s1. The Morgan fingerprint density at radius 3 is 2.46 bits per heavy atom. The van der Waals surface area contributed by atoms with E-state index < -0.39 is 9.84 Å². The molecule has 1 aliphatic heterocycles. The Labute approximate surface area is 170 Å². The fourth-order valence-corrected chi connectivity index (χ4v) is 6.71. The number of hydrogen-bond acceptors (Lipinski definition) is 5. The van der Waals surface area contributed by atoms with Gasteiger partial charge in [-0.1, -0.05) is 19.3 Å². The molecule has 1 aromatic rings. The summed E-state index contributed by atoms with van der Waals surface area (Å²) >= 11 is 0. The highest BCUT2D eigenvalue weighted by Crippen LogP contribution is 2.33. The normalized spacial score (nSPS) is 25.0. The lowest BCUT2D eigenvalue weighted by Crippen LogP contribution is -2.32. The van der Waals surface area contributed by atoms with Crippen LogP contribution < -0.4 is 0 Å². The molecule has 3 aliphatic rings. The first-order chi connectivity index (χ1) is 13.4. The van der Waals surface area contributed by atoms with E-state index in [0.717, 1.165) is 44.7 Å². The molecule has 7 heteroatoms. The fraction of sp³-hybridized carbons (Fsp3) is 0.857. The monoisotopic (exact) mass is 408 g/mol. The number of imidazole rings is 1. The van der Waals surface area contributed by atoms with Crippen LogP contribution in [0.4, 0.5) is 0 Å². The van der Waals surface area contributed by atoms with Gasteiger partial charge in [-0.25, -0.2) is 13.4 Å². The SMILES string of the molecule is CN(C)[C@@H]1CCN(Cc2cnc(S(=O)(=O)CC3CC3)n2CC2CCCCC2)C1. The minimum Gasteiger partial charge on any atom is -0.317 e. The Bertz CT molecular complexity index is 763. The highest BCUT2D eigenvalue weighted by atomic mass is 32.2. The molecule has 0 radical (unpaired) electrons. The Hall–Kier alpha value is -0.920. The number of likely N-dealkylation sites (N-methyl/N-ethyl adjacent to an activating group) is 1. The second-order valence-electron chi connectivity index (χ2n) is 9.51. The van der Waals surface area contributed by atoms with Gasteiger partial charge in [0.25, 0.3) is 0 Å². The maximum Gasteiger partial charge on any atom is 0.227 e. The third-order valence-electron chi connectivity index (χ3n) is 6.86. The van der Waals surface area contributed by atoms with Crippen LogP contribution in [-0.4, -0.2) is 66.7 Å². The predicted molar refractivity (Wildman–Crippen MR) is 111 cm³/mol. The van der Waals surface area contributed by atoms with Gasteiger partial charge in [0.05, 0.1) is 17.6 Å². The zero-order valence-electron chi connectivity index (χ0n) is 17.5. The predicted octanol–water partition coefficient (Wildman–Crippen LogP) is 2.78. The van der Waals surface area contributed by atoms with Gasteiger partial charge in [-0.15, -0.1) is 0 Å². The van der Waals surface area contributed by atoms with E-state index in [4.69, 9.17) is 0 Å². The first kappa shape index (κ1) is 20.4. The Kier molecular flexibility index (Phi) is 6.14. The lowest BCUT2D eigenvalue weighted by atomic mass is 9.89. The Balaban J connectivity index is 1.54. The van der Waals surface area contributed by atoms with E-state index in [1.54, 1.807) is 0 Å². The first-order valence-corrected chi connectivity index (χ1v) is 12.7. The molecule has 4 rings (SSSR count). The van der Waals surface area contributed by atoms with Gasteiger partial charge in [0, 0.05) is 32.2 Å². The zero-order valence-corrected chi connectivity index (χ0v) is 18.3. The molecule has 0 aromatic carbocycles. The van der Waals surface area contributed by atoms with Crippen LogP contribution in [0.5, 0.6) is 0 Å². The molecule has 2 heterocycles. The lowest BCUT2D eigenvalue weighted by molar-refractivity contribution is 0.255. The van der Waals surface area contributed by atoms with Crippen molar-refractivity contribution in [3.8, 4) is 0 Å². The molecule has 28 heavy (non-hydrogen) atoms. The molecule has 0 amide bonds. The van der Waals surface area contributed by atoms with Crippen LogP contribution in [-0.2, 0) is 22.9 Å². The van der Waals surface area contributed by atoms with E-state index >= 15 is 0 Å². The van der Waals surface area contributed by atoms with E-state index in [2.05, 4.69) is 33.4 Å². The average Bonchev–Trinajstić information content (AvgIpc) is 3.17. The van der Waals surface area contributed by atoms with Gasteiger partial charge in [0.15, 0.2) is 0 Å². The van der Waals surface area contributed by atoms with Gasteiger partial charge >= 0.3 is 0 Å². The second-order valence-corrected chi connectivity index (χ2v) is 11.4. The number of aromatic nitrogens is 2. The molecule has 1 aromatic heterocycles. The fourth-order valence-electron chi connectivity index (χ4n) is 4.87. The summed E-state index contributed by atoms with van der Waals surface area (Å²) in [5, 5.41) is 0.336. The van der Waals surface area contributed by atoms with Gasteiger partial charge in [-0.05, 0) is 58.0 Å². The van der Waals surface area contributed by atoms with Gasteiger partial charge in [-0.2, -0.15) is 0 Å². The summed E-state index contributed by atoms with van der Waals surface area (Å²) in [5.74, 6) is 1.22. The summed E-state index contributed by atoms with van der Waals surface area (Å²) in [6.07, 6.45) is 11.4. The third-order valence-corrected chi connectivity index (χ3v) is 8.65. The minimum atomic E-state index is -3.29. The molecule has 158 valence electrons. The number of nitrogens with zero attached hydrogens (tertiary/aromatic N) is 4. The van der Waals surface area contributed by atoms with E-state index in [0.29, 0.717) is 23.0 Å². The number of likely N-dealkylation sites (tertiary alicyclic amines) is 1. The molecule has 0 unspecified atom stereocenters. The van der Waals surface area contributed by atoms with E-state index in [9.17, 15) is 8.42 Å². The van der Waals surface area contributed by atoms with Gasteiger partial charge in [0.1, 0.15) is 0 Å². The summed E-state index contributed by atoms with van der Waals surface area (Å²) in [7, 11) is 0.995. The van der Waals surface area contributed by atoms with Crippen molar-refractivity contribution in [1.82, 2.24) is 19.4 Å². The van der Waals surface area contributed by atoms with Crippen LogP contribution >= 0.6 is 0 Å². The lowest BCUT2D eigenvalue weighted by Gasteiger charge is -2.25. The highest BCUT2D eigenvalue weighted by molar-refractivity contribution is 7.91. The molecular weight excluding hydrogens is 372 g/mol. The molecule has 1 saturated heterocycles. The number of sulfone groups is 1. The molecule has 0 N–H and O–H groups in total. The first-order valence-electron chi connectivity index (χ1n) is 11.1. The van der Waals surface area contributed by atoms with Crippen molar-refractivity contribution >= 4 is 9.84 Å². The molecule has 6 nitrogen and oxygen atoms in total. The topological polar surface area (TPSA) is 58.4 Å². The molecule has 1 atom stereocenters. The van der Waals surface area contributed by atoms with E-state index in [-0.39, 0.29) is 5.75 Å². The molecular formula is C21H36N4O2S. The maximum absolute atomic E-state index is 13.0. The zero-order chi connectivity index (χ0) is 19.7. The Morgan fingerprint density at radius 2 is 1.82 bits per heavy atom. The van der Waals surface area contributed by atoms with Crippen molar-refractivity contribution in [2.24, 2.45) is 11.8 Å². The van der Waals surface area contributed by atoms with Gasteiger partial charge in [-0.3, -0.25) is 4.90 Å². The van der Waals surface area contributed by atoms with E-state index in [1.165, 1.54) is 38.5 Å². The van der Waals surface area contributed by atoms with Gasteiger partial charge < -0.3 is 9.47 Å². The summed E-state index contributed by atoms with van der Waals surface area (Å²) in [6.45, 7) is 3.75. The Morgan fingerprint density at radius 1 is 1.07 bits per heavy atom. The number of hydrogen-bond donors (Lipinski definition) is 0. The second kappa shape index (κ2) is 8.44. The van der Waals surface area contributed by atoms with Crippen LogP contribution in [0, 0.1) is 11.8 Å². The summed E-state index contributed by atoms with van der Waals surface area (Å²) in [5.41, 5.74) is 1.08. The van der Waals surface area contributed by atoms with Crippen molar-refractivity contribution in [3.05, 3.63) is 11.9 Å². The maximum atomic E-state index is 13.0. The molecule has 0 spiro atoms. The van der Waals surface area contributed by atoms with Crippen LogP contribution in [0.1, 0.15) is 57.1 Å². The smallest absolute Gasteiger partial charge is 0.227 e. The molecule has 2 aliphatic carbocycles. The highest BCUT2D eigenvalue weighted by Gasteiger charge is 2.33. The average molecular weight is 409 g/mol. The summed E-state index contributed by atoms with van der Waals surface area (Å²) in [4.78, 5) is 9.22. The van der Waals surface area contributed by atoms with Crippen molar-refractivity contribution in [2.75, 3.05) is 32.9 Å². The summed E-state index contributed by atoms with van der Waals surface area (Å²) in [6, 6.07) is 0.591. The number of rotatable bonds is 8. The van der Waals surface area contributed by atoms with Crippen LogP contribution in [0.25, 0.3) is 0 Å². The minimum absolute atomic E-state index is 0.278.